The lowest BCUT2D eigenvalue weighted by molar-refractivity contribution is 0.605. The molecule has 0 amide bonds. The van der Waals surface area contributed by atoms with Crippen LogP contribution in [0.2, 0.25) is 5.02 Å². The molecule has 152 valence electrons. The Morgan fingerprint density at radius 1 is 0.828 bits per heavy atom. The summed E-state index contributed by atoms with van der Waals surface area (Å²) in [6.07, 6.45) is 11.2. The van der Waals surface area contributed by atoms with Crippen molar-refractivity contribution in [1.82, 2.24) is 9.97 Å². The third-order valence-corrected chi connectivity index (χ3v) is 5.09. The number of hydrogen-bond donors (Lipinski definition) is 2. The maximum atomic E-state index is 5.96. The van der Waals surface area contributed by atoms with Crippen LogP contribution < -0.4 is 11.1 Å². The number of nitrogens with one attached hydrogen (secondary N) is 1. The highest BCUT2D eigenvalue weighted by atomic mass is 35.5. The van der Waals surface area contributed by atoms with Crippen molar-refractivity contribution in [2.24, 2.45) is 5.73 Å². The Morgan fingerprint density at radius 2 is 1.55 bits per heavy atom. The van der Waals surface area contributed by atoms with Gasteiger partial charge in [-0.2, -0.15) is 0 Å². The summed E-state index contributed by atoms with van der Waals surface area (Å²) in [5, 5.41) is 5.30. The van der Waals surface area contributed by atoms with Gasteiger partial charge in [0, 0.05) is 17.0 Å². The van der Waals surface area contributed by atoms with E-state index in [2.05, 4.69) is 16.4 Å². The molecule has 3 aromatic rings. The molecule has 1 heterocycles. The third-order valence-electron chi connectivity index (χ3n) is 4.84. The fourth-order valence-corrected chi connectivity index (χ4v) is 3.36. The third kappa shape index (κ3) is 6.84. The van der Waals surface area contributed by atoms with Crippen LogP contribution in [0.4, 0.5) is 5.82 Å². The molecule has 0 radical (unpaired) electrons. The van der Waals surface area contributed by atoms with Crippen LogP contribution in [0.1, 0.15) is 49.9 Å². The van der Waals surface area contributed by atoms with Crippen molar-refractivity contribution in [3.8, 4) is 0 Å². The van der Waals surface area contributed by atoms with E-state index in [-0.39, 0.29) is 0 Å². The zero-order valence-electron chi connectivity index (χ0n) is 16.8. The van der Waals surface area contributed by atoms with Crippen LogP contribution in [0.25, 0.3) is 23.1 Å². The zero-order chi connectivity index (χ0) is 20.3. The number of aromatic nitrogens is 2. The number of nitrogens with two attached hydrogens (primary N) is 1. The molecule has 3 rings (SSSR count). The first-order chi connectivity index (χ1) is 14.3. The van der Waals surface area contributed by atoms with E-state index in [4.69, 9.17) is 22.3 Å². The predicted octanol–water partition coefficient (Wildman–Crippen LogP) is 6.16. The number of benzene rings is 2. The molecule has 29 heavy (non-hydrogen) atoms. The molecule has 0 atom stereocenters. The normalized spacial score (nSPS) is 11.4. The van der Waals surface area contributed by atoms with E-state index in [1.54, 1.807) is 0 Å². The van der Waals surface area contributed by atoms with E-state index in [1.165, 1.54) is 25.7 Å². The van der Waals surface area contributed by atoms with E-state index in [0.29, 0.717) is 5.82 Å². The molecule has 0 fully saturated rings. The Labute approximate surface area is 178 Å². The molecule has 0 aliphatic heterocycles. The van der Waals surface area contributed by atoms with Gasteiger partial charge in [-0.05, 0) is 55.3 Å². The zero-order valence-corrected chi connectivity index (χ0v) is 17.5. The average Bonchev–Trinajstić information content (AvgIpc) is 2.75. The van der Waals surface area contributed by atoms with Crippen LogP contribution in [0.15, 0.2) is 48.5 Å². The molecule has 0 aliphatic rings. The van der Waals surface area contributed by atoms with Gasteiger partial charge in [-0.1, -0.05) is 67.6 Å². The minimum atomic E-state index is 0.697. The van der Waals surface area contributed by atoms with Crippen molar-refractivity contribution in [1.29, 1.82) is 0 Å². The average molecular weight is 409 g/mol. The monoisotopic (exact) mass is 408 g/mol. The molecule has 0 saturated heterocycles. The van der Waals surface area contributed by atoms with E-state index in [0.717, 1.165) is 53.2 Å². The number of fused-ring (bicyclic) bond motifs is 1. The van der Waals surface area contributed by atoms with E-state index in [1.807, 2.05) is 54.6 Å². The van der Waals surface area contributed by atoms with Crippen molar-refractivity contribution in [3.05, 3.63) is 64.9 Å². The van der Waals surface area contributed by atoms with Gasteiger partial charge in [-0.25, -0.2) is 9.97 Å². The molecule has 0 aliphatic carbocycles. The minimum absolute atomic E-state index is 0.697. The molecule has 0 bridgehead atoms. The number of unbranched alkanes of at least 4 members (excludes halogenated alkanes) is 5. The second-order valence-corrected chi connectivity index (χ2v) is 7.61. The second-order valence-electron chi connectivity index (χ2n) is 7.17. The first kappa shape index (κ1) is 21.3. The Kier molecular flexibility index (Phi) is 8.47. The number of nitrogens with zero attached hydrogens (tertiary/aromatic N) is 2. The van der Waals surface area contributed by atoms with Crippen LogP contribution >= 0.6 is 11.6 Å². The number of anilines is 1. The lowest BCUT2D eigenvalue weighted by atomic mass is 10.1. The molecule has 2 aromatic carbocycles. The Hall–Kier alpha value is -2.43. The van der Waals surface area contributed by atoms with Crippen LogP contribution in [-0.2, 0) is 0 Å². The summed E-state index contributed by atoms with van der Waals surface area (Å²) in [4.78, 5) is 9.42. The first-order valence-electron chi connectivity index (χ1n) is 10.4. The maximum Gasteiger partial charge on any atom is 0.154 e. The maximum absolute atomic E-state index is 5.96. The van der Waals surface area contributed by atoms with Crippen molar-refractivity contribution < 1.29 is 0 Å². The van der Waals surface area contributed by atoms with Gasteiger partial charge in [-0.3, -0.25) is 0 Å². The van der Waals surface area contributed by atoms with Crippen molar-refractivity contribution in [2.45, 2.75) is 38.5 Å². The molecule has 3 N–H and O–H groups in total. The van der Waals surface area contributed by atoms with Crippen molar-refractivity contribution in [2.75, 3.05) is 18.4 Å². The van der Waals surface area contributed by atoms with Gasteiger partial charge in [0.2, 0.25) is 0 Å². The van der Waals surface area contributed by atoms with Gasteiger partial charge in [0.1, 0.15) is 5.82 Å². The highest BCUT2D eigenvalue weighted by Crippen LogP contribution is 2.21. The molecule has 4 nitrogen and oxygen atoms in total. The number of para-hydroxylation sites is 1. The summed E-state index contributed by atoms with van der Waals surface area (Å²) in [6.45, 7) is 1.72. The summed E-state index contributed by atoms with van der Waals surface area (Å²) < 4.78 is 0. The SMILES string of the molecule is NCCCCCCCCNc1nc(C=Cc2ccc(Cl)cc2)nc2ccccc12. The first-order valence-corrected chi connectivity index (χ1v) is 10.8. The molecule has 0 saturated carbocycles. The Morgan fingerprint density at radius 3 is 2.34 bits per heavy atom. The Bertz CT molecular complexity index is 922. The number of rotatable bonds is 11. The van der Waals surface area contributed by atoms with Crippen LogP contribution in [0.3, 0.4) is 0 Å². The molecule has 1 aromatic heterocycles. The quantitative estimate of drug-likeness (QED) is 0.372. The lowest BCUT2D eigenvalue weighted by Gasteiger charge is -2.10. The van der Waals surface area contributed by atoms with Gasteiger partial charge in [0.15, 0.2) is 5.82 Å². The fraction of sp³-hybridized carbons (Fsp3) is 0.333. The summed E-state index contributed by atoms with van der Waals surface area (Å²) in [5.74, 6) is 1.59. The van der Waals surface area contributed by atoms with E-state index in [9.17, 15) is 0 Å². The summed E-state index contributed by atoms with van der Waals surface area (Å²) in [5.41, 5.74) is 7.55. The fourth-order valence-electron chi connectivity index (χ4n) is 3.23. The largest absolute Gasteiger partial charge is 0.369 e. The highest BCUT2D eigenvalue weighted by molar-refractivity contribution is 6.30. The molecule has 0 unspecified atom stereocenters. The van der Waals surface area contributed by atoms with Crippen molar-refractivity contribution in [3.63, 3.8) is 0 Å². The summed E-state index contributed by atoms with van der Waals surface area (Å²) >= 11 is 5.96. The van der Waals surface area contributed by atoms with E-state index < -0.39 is 0 Å². The predicted molar refractivity (Wildman–Crippen MR) is 125 cm³/mol. The van der Waals surface area contributed by atoms with Crippen molar-refractivity contribution >= 4 is 40.5 Å². The standard InChI is InChI=1S/C24H29ClN4/c25-20-14-11-19(12-15-20)13-16-23-28-22-10-6-5-9-21(22)24(29-23)27-18-8-4-2-1-3-7-17-26/h5-6,9-16H,1-4,7-8,17-18,26H2,(H,27,28,29). The molecule has 5 heteroatoms. The van der Waals surface area contributed by atoms with Gasteiger partial charge in [-0.15, -0.1) is 0 Å². The van der Waals surface area contributed by atoms with Gasteiger partial charge in [0.05, 0.1) is 5.52 Å². The lowest BCUT2D eigenvalue weighted by Crippen LogP contribution is -2.06. The molecular formula is C24H29ClN4. The van der Waals surface area contributed by atoms with Gasteiger partial charge in [0.25, 0.3) is 0 Å². The van der Waals surface area contributed by atoms with Gasteiger partial charge < -0.3 is 11.1 Å². The van der Waals surface area contributed by atoms with Crippen LogP contribution in [-0.4, -0.2) is 23.1 Å². The second kappa shape index (κ2) is 11.5. The Balaban J connectivity index is 1.64. The summed E-state index contributed by atoms with van der Waals surface area (Å²) in [7, 11) is 0. The van der Waals surface area contributed by atoms with Crippen LogP contribution in [0.5, 0.6) is 0 Å². The topological polar surface area (TPSA) is 63.8 Å². The molecule has 0 spiro atoms. The summed E-state index contributed by atoms with van der Waals surface area (Å²) in [6, 6.07) is 15.8. The number of hydrogen-bond acceptors (Lipinski definition) is 4. The van der Waals surface area contributed by atoms with E-state index >= 15 is 0 Å². The smallest absolute Gasteiger partial charge is 0.154 e. The number of halogens is 1. The van der Waals surface area contributed by atoms with Gasteiger partial charge >= 0.3 is 0 Å². The highest BCUT2D eigenvalue weighted by Gasteiger charge is 2.05. The molecular weight excluding hydrogens is 380 g/mol. The minimum Gasteiger partial charge on any atom is -0.369 e. The van der Waals surface area contributed by atoms with Crippen LogP contribution in [0, 0.1) is 0 Å².